The van der Waals surface area contributed by atoms with E-state index in [0.29, 0.717) is 12.3 Å². The summed E-state index contributed by atoms with van der Waals surface area (Å²) in [6, 6.07) is 9.20. The van der Waals surface area contributed by atoms with Gasteiger partial charge in [0.15, 0.2) is 0 Å². The molecule has 1 amide bonds. The Kier molecular flexibility index (Phi) is 4.92. The summed E-state index contributed by atoms with van der Waals surface area (Å²) >= 11 is 0. The van der Waals surface area contributed by atoms with Gasteiger partial charge in [-0.25, -0.2) is 4.68 Å². The van der Waals surface area contributed by atoms with Gasteiger partial charge in [0, 0.05) is 6.04 Å². The topological polar surface area (TPSA) is 69.0 Å². The van der Waals surface area contributed by atoms with Gasteiger partial charge >= 0.3 is 0 Å². The van der Waals surface area contributed by atoms with E-state index in [0.717, 1.165) is 5.75 Å². The molecule has 0 saturated heterocycles. The average Bonchev–Trinajstić information content (AvgIpc) is 2.93. The van der Waals surface area contributed by atoms with E-state index in [9.17, 15) is 4.79 Å². The van der Waals surface area contributed by atoms with Gasteiger partial charge in [0.1, 0.15) is 24.1 Å². The molecule has 1 aromatic carbocycles. The van der Waals surface area contributed by atoms with Crippen molar-refractivity contribution in [2.24, 2.45) is 0 Å². The fourth-order valence-electron chi connectivity index (χ4n) is 1.77. The highest BCUT2D eigenvalue weighted by Crippen LogP contribution is 2.11. The zero-order valence-corrected chi connectivity index (χ0v) is 12.5. The number of nitrogens with zero attached hydrogens (tertiary/aromatic N) is 3. The lowest BCUT2D eigenvalue weighted by Crippen LogP contribution is -2.35. The zero-order chi connectivity index (χ0) is 15.2. The van der Waals surface area contributed by atoms with E-state index in [1.165, 1.54) is 0 Å². The standard InChI is InChI=1S/C15H20N4O2/c1-11(2)16-15(20)12(3)19-9-13(17-18-19)10-21-14-7-5-4-6-8-14/h4-9,11-12H,10H2,1-3H3,(H,16,20). The number of amides is 1. The first-order valence-electron chi connectivity index (χ1n) is 6.95. The van der Waals surface area contributed by atoms with Crippen molar-refractivity contribution in [1.82, 2.24) is 20.3 Å². The molecule has 112 valence electrons. The lowest BCUT2D eigenvalue weighted by molar-refractivity contribution is -0.124. The number of rotatable bonds is 6. The maximum Gasteiger partial charge on any atom is 0.244 e. The van der Waals surface area contributed by atoms with Crippen LogP contribution >= 0.6 is 0 Å². The molecular weight excluding hydrogens is 268 g/mol. The molecule has 0 fully saturated rings. The molecule has 0 aliphatic carbocycles. The molecule has 21 heavy (non-hydrogen) atoms. The molecule has 0 aliphatic rings. The van der Waals surface area contributed by atoms with E-state index in [-0.39, 0.29) is 11.9 Å². The Labute approximate surface area is 124 Å². The molecule has 2 rings (SSSR count). The normalized spacial score (nSPS) is 12.2. The molecule has 1 atom stereocenters. The van der Waals surface area contributed by atoms with Gasteiger partial charge in [-0.2, -0.15) is 0 Å². The van der Waals surface area contributed by atoms with Gasteiger partial charge in [-0.1, -0.05) is 23.4 Å². The predicted octanol–water partition coefficient (Wildman–Crippen LogP) is 1.94. The maximum absolute atomic E-state index is 11.9. The molecule has 1 unspecified atom stereocenters. The molecule has 6 nitrogen and oxygen atoms in total. The van der Waals surface area contributed by atoms with Gasteiger partial charge in [-0.3, -0.25) is 4.79 Å². The number of hydrogen-bond acceptors (Lipinski definition) is 4. The van der Waals surface area contributed by atoms with Crippen molar-refractivity contribution >= 4 is 5.91 Å². The number of nitrogens with one attached hydrogen (secondary N) is 1. The molecule has 0 radical (unpaired) electrons. The van der Waals surface area contributed by atoms with E-state index in [1.807, 2.05) is 44.2 Å². The van der Waals surface area contributed by atoms with Gasteiger partial charge in [0.2, 0.25) is 5.91 Å². The van der Waals surface area contributed by atoms with Crippen LogP contribution in [0.1, 0.15) is 32.5 Å². The molecule has 0 spiro atoms. The number of benzene rings is 1. The minimum absolute atomic E-state index is 0.0783. The average molecular weight is 288 g/mol. The molecule has 0 saturated carbocycles. The fourth-order valence-corrected chi connectivity index (χ4v) is 1.77. The number of aromatic nitrogens is 3. The van der Waals surface area contributed by atoms with Crippen LogP contribution in [0.15, 0.2) is 36.5 Å². The minimum atomic E-state index is -0.398. The number of para-hydroxylation sites is 1. The predicted molar refractivity (Wildman–Crippen MR) is 78.8 cm³/mol. The van der Waals surface area contributed by atoms with Crippen molar-refractivity contribution < 1.29 is 9.53 Å². The van der Waals surface area contributed by atoms with Crippen LogP contribution in [-0.2, 0) is 11.4 Å². The van der Waals surface area contributed by atoms with Gasteiger partial charge in [-0.05, 0) is 32.9 Å². The summed E-state index contributed by atoms with van der Waals surface area (Å²) in [5.74, 6) is 0.697. The van der Waals surface area contributed by atoms with Crippen LogP contribution in [0.4, 0.5) is 0 Å². The third-order valence-corrected chi connectivity index (χ3v) is 2.89. The van der Waals surface area contributed by atoms with Crippen LogP contribution in [0, 0.1) is 0 Å². The largest absolute Gasteiger partial charge is 0.487 e. The molecule has 1 heterocycles. The van der Waals surface area contributed by atoms with Crippen LogP contribution in [0.25, 0.3) is 0 Å². The van der Waals surface area contributed by atoms with Crippen molar-refractivity contribution in [3.8, 4) is 5.75 Å². The van der Waals surface area contributed by atoms with Gasteiger partial charge in [-0.15, -0.1) is 5.10 Å². The second kappa shape index (κ2) is 6.88. The maximum atomic E-state index is 11.9. The van der Waals surface area contributed by atoms with Crippen LogP contribution < -0.4 is 10.1 Å². The van der Waals surface area contributed by atoms with Gasteiger partial charge in [0.25, 0.3) is 0 Å². The molecule has 6 heteroatoms. The van der Waals surface area contributed by atoms with Gasteiger partial charge in [0.05, 0.1) is 6.20 Å². The van der Waals surface area contributed by atoms with Crippen molar-refractivity contribution in [2.75, 3.05) is 0 Å². The highest BCUT2D eigenvalue weighted by Gasteiger charge is 2.17. The summed E-state index contributed by atoms with van der Waals surface area (Å²) in [7, 11) is 0. The molecule has 2 aromatic rings. The Bertz CT molecular complexity index is 580. The Balaban J connectivity index is 1.93. The van der Waals surface area contributed by atoms with Crippen LogP contribution in [-0.4, -0.2) is 26.9 Å². The summed E-state index contributed by atoms with van der Waals surface area (Å²) in [4.78, 5) is 11.9. The van der Waals surface area contributed by atoms with E-state index in [4.69, 9.17) is 4.74 Å². The van der Waals surface area contributed by atoms with Crippen LogP contribution in [0.2, 0.25) is 0 Å². The lowest BCUT2D eigenvalue weighted by Gasteiger charge is -2.13. The molecule has 0 bridgehead atoms. The minimum Gasteiger partial charge on any atom is -0.487 e. The first-order chi connectivity index (χ1) is 10.1. The fraction of sp³-hybridized carbons (Fsp3) is 0.400. The summed E-state index contributed by atoms with van der Waals surface area (Å²) in [5.41, 5.74) is 0.683. The Morgan fingerprint density at radius 3 is 2.67 bits per heavy atom. The van der Waals surface area contributed by atoms with Crippen molar-refractivity contribution in [2.45, 2.75) is 39.5 Å². The van der Waals surface area contributed by atoms with Crippen LogP contribution in [0.3, 0.4) is 0 Å². The SMILES string of the molecule is CC(C)NC(=O)C(C)n1cc(COc2ccccc2)nn1. The third-order valence-electron chi connectivity index (χ3n) is 2.89. The second-order valence-electron chi connectivity index (χ2n) is 5.13. The van der Waals surface area contributed by atoms with Crippen molar-refractivity contribution in [3.05, 3.63) is 42.2 Å². The monoisotopic (exact) mass is 288 g/mol. The summed E-state index contributed by atoms with van der Waals surface area (Å²) in [5, 5.41) is 10.9. The summed E-state index contributed by atoms with van der Waals surface area (Å²) < 4.78 is 7.14. The number of carbonyl (C=O) groups is 1. The molecule has 1 N–H and O–H groups in total. The Morgan fingerprint density at radius 2 is 2.00 bits per heavy atom. The van der Waals surface area contributed by atoms with E-state index < -0.39 is 6.04 Å². The second-order valence-corrected chi connectivity index (χ2v) is 5.13. The molecular formula is C15H20N4O2. The third kappa shape index (κ3) is 4.30. The summed E-state index contributed by atoms with van der Waals surface area (Å²) in [6.07, 6.45) is 1.73. The van der Waals surface area contributed by atoms with Crippen molar-refractivity contribution in [3.63, 3.8) is 0 Å². The molecule has 0 aliphatic heterocycles. The first kappa shape index (κ1) is 15.0. The van der Waals surface area contributed by atoms with E-state index >= 15 is 0 Å². The van der Waals surface area contributed by atoms with Crippen molar-refractivity contribution in [1.29, 1.82) is 0 Å². The van der Waals surface area contributed by atoms with Crippen LogP contribution in [0.5, 0.6) is 5.75 Å². The van der Waals surface area contributed by atoms with E-state index in [1.54, 1.807) is 17.8 Å². The first-order valence-corrected chi connectivity index (χ1v) is 6.95. The number of hydrogen-bond donors (Lipinski definition) is 1. The number of carbonyl (C=O) groups excluding carboxylic acids is 1. The van der Waals surface area contributed by atoms with Gasteiger partial charge < -0.3 is 10.1 Å². The Morgan fingerprint density at radius 1 is 1.29 bits per heavy atom. The Hall–Kier alpha value is -2.37. The molecule has 1 aromatic heterocycles. The lowest BCUT2D eigenvalue weighted by atomic mass is 10.3. The quantitative estimate of drug-likeness (QED) is 0.882. The number of ether oxygens (including phenoxy) is 1. The van der Waals surface area contributed by atoms with E-state index in [2.05, 4.69) is 15.6 Å². The highest BCUT2D eigenvalue weighted by atomic mass is 16.5. The smallest absolute Gasteiger partial charge is 0.244 e. The highest BCUT2D eigenvalue weighted by molar-refractivity contribution is 5.79. The summed E-state index contributed by atoms with van der Waals surface area (Å²) in [6.45, 7) is 5.95. The zero-order valence-electron chi connectivity index (χ0n) is 12.5.